The van der Waals surface area contributed by atoms with Gasteiger partial charge >= 0.3 is 0 Å². The Hall–Kier alpha value is -7.22. The van der Waals surface area contributed by atoms with Crippen LogP contribution < -0.4 is 4.90 Å². The lowest BCUT2D eigenvalue weighted by Crippen LogP contribution is -2.17. The van der Waals surface area contributed by atoms with E-state index in [2.05, 4.69) is 231 Å². The summed E-state index contributed by atoms with van der Waals surface area (Å²) in [5.74, 6) is 0. The number of fused-ring (bicyclic) bond motifs is 11. The highest BCUT2D eigenvalue weighted by atomic mass is 15.1. The van der Waals surface area contributed by atoms with Crippen LogP contribution in [0.2, 0.25) is 0 Å². The van der Waals surface area contributed by atoms with Crippen LogP contribution in [0.15, 0.2) is 212 Å². The average Bonchev–Trinajstić information content (AvgIpc) is 3.52. The van der Waals surface area contributed by atoms with E-state index in [0.717, 1.165) is 17.1 Å². The Bertz CT molecular complexity index is 3020. The van der Waals surface area contributed by atoms with Crippen molar-refractivity contribution >= 4 is 17.1 Å². The number of nitrogens with zero attached hydrogens (tertiary/aromatic N) is 1. The highest BCUT2D eigenvalue weighted by Crippen LogP contribution is 2.53. The fraction of sp³-hybridized carbons (Fsp3) is 0.0526. The topological polar surface area (TPSA) is 3.24 Å². The number of anilines is 3. The molecule has 9 aromatic rings. The molecular formula is C57H41N. The molecule has 58 heavy (non-hydrogen) atoms. The van der Waals surface area contributed by atoms with Crippen LogP contribution in [0.1, 0.15) is 25.0 Å². The third-order valence-corrected chi connectivity index (χ3v) is 12.5. The number of benzene rings is 9. The Morgan fingerprint density at radius 3 is 1.29 bits per heavy atom. The second-order valence-corrected chi connectivity index (χ2v) is 16.1. The summed E-state index contributed by atoms with van der Waals surface area (Å²) in [4.78, 5) is 2.50. The number of rotatable bonds is 5. The summed E-state index contributed by atoms with van der Waals surface area (Å²) in [6, 6.07) is 78.4. The Labute approximate surface area is 341 Å². The Kier molecular flexibility index (Phi) is 7.91. The quantitative estimate of drug-likeness (QED) is 0.170. The molecule has 0 aromatic heterocycles. The summed E-state index contributed by atoms with van der Waals surface area (Å²) in [6.07, 6.45) is 0. The Morgan fingerprint density at radius 2 is 0.707 bits per heavy atom. The average molecular weight is 740 g/mol. The molecule has 0 atom stereocenters. The lowest BCUT2D eigenvalue weighted by atomic mass is 9.80. The van der Waals surface area contributed by atoms with Gasteiger partial charge in [-0.1, -0.05) is 190 Å². The van der Waals surface area contributed by atoms with Gasteiger partial charge in [-0.2, -0.15) is 0 Å². The van der Waals surface area contributed by atoms with Crippen molar-refractivity contribution in [3.05, 3.63) is 223 Å². The van der Waals surface area contributed by atoms with Gasteiger partial charge in [-0.15, -0.1) is 0 Å². The maximum absolute atomic E-state index is 2.50. The third kappa shape index (κ3) is 5.39. The largest absolute Gasteiger partial charge is 0.310 e. The molecule has 0 unspecified atom stereocenters. The van der Waals surface area contributed by atoms with Crippen molar-refractivity contribution in [2.24, 2.45) is 0 Å². The highest BCUT2D eigenvalue weighted by molar-refractivity contribution is 6.04. The van der Waals surface area contributed by atoms with Crippen molar-refractivity contribution < 1.29 is 0 Å². The maximum atomic E-state index is 2.50. The molecule has 0 heterocycles. The van der Waals surface area contributed by atoms with Gasteiger partial charge in [0.2, 0.25) is 0 Å². The Balaban J connectivity index is 1.19. The number of hydrogen-bond acceptors (Lipinski definition) is 1. The summed E-state index contributed by atoms with van der Waals surface area (Å²) in [6.45, 7) is 4.74. The molecule has 0 spiro atoms. The maximum Gasteiger partial charge on any atom is 0.0540 e. The van der Waals surface area contributed by atoms with Crippen LogP contribution in [0.3, 0.4) is 0 Å². The van der Waals surface area contributed by atoms with Gasteiger partial charge in [-0.05, 0) is 120 Å². The van der Waals surface area contributed by atoms with Crippen LogP contribution in [-0.2, 0) is 5.41 Å². The van der Waals surface area contributed by atoms with Gasteiger partial charge in [0.1, 0.15) is 0 Å². The van der Waals surface area contributed by atoms with E-state index in [0.29, 0.717) is 0 Å². The molecule has 0 saturated carbocycles. The SMILES string of the molecule is CC1(C)c2ccccc2-c2ccc(N(c3ccc4c(c3)-c3ccccc3-c3ccccc3-c3ccccc3-4)c3ccc(-c4ccccc4)cc3-c3ccccc3)cc21. The summed E-state index contributed by atoms with van der Waals surface area (Å²) in [5.41, 5.74) is 23.3. The molecule has 0 amide bonds. The fourth-order valence-corrected chi connectivity index (χ4v) is 9.64. The van der Waals surface area contributed by atoms with Crippen molar-refractivity contribution in [3.8, 4) is 77.9 Å². The molecule has 0 fully saturated rings. The second-order valence-electron chi connectivity index (χ2n) is 16.1. The van der Waals surface area contributed by atoms with Crippen molar-refractivity contribution in [2.45, 2.75) is 19.3 Å². The van der Waals surface area contributed by atoms with Crippen LogP contribution in [0.4, 0.5) is 17.1 Å². The monoisotopic (exact) mass is 739 g/mol. The van der Waals surface area contributed by atoms with Gasteiger partial charge in [0.05, 0.1) is 5.69 Å². The molecule has 0 N–H and O–H groups in total. The van der Waals surface area contributed by atoms with Crippen LogP contribution in [0.25, 0.3) is 77.9 Å². The molecule has 11 rings (SSSR count). The molecule has 2 aliphatic carbocycles. The normalized spacial score (nSPS) is 12.8. The van der Waals surface area contributed by atoms with E-state index in [1.54, 1.807) is 0 Å². The minimum atomic E-state index is -0.144. The van der Waals surface area contributed by atoms with Gasteiger partial charge < -0.3 is 4.90 Å². The minimum absolute atomic E-state index is 0.144. The minimum Gasteiger partial charge on any atom is -0.310 e. The van der Waals surface area contributed by atoms with Crippen LogP contribution in [-0.4, -0.2) is 0 Å². The first-order valence-electron chi connectivity index (χ1n) is 20.3. The highest BCUT2D eigenvalue weighted by Gasteiger charge is 2.36. The zero-order valence-electron chi connectivity index (χ0n) is 32.7. The second kappa shape index (κ2) is 13.5. The van der Waals surface area contributed by atoms with E-state index >= 15 is 0 Å². The van der Waals surface area contributed by atoms with Crippen molar-refractivity contribution in [1.82, 2.24) is 0 Å². The van der Waals surface area contributed by atoms with Crippen molar-refractivity contribution in [1.29, 1.82) is 0 Å². The summed E-state index contributed by atoms with van der Waals surface area (Å²) in [7, 11) is 0. The standard InChI is InChI=1S/C57H41N/c1-57(2)54-28-16-15-27-50(54)51-33-31-42(37-55(51)57)58(56-34-29-40(38-17-5-3-6-18-38)35-52(56)39-19-7-4-8-20-39)41-30-32-49-47-25-12-11-23-45(47)43-21-9-10-22-44(43)46-24-13-14-26-48(46)53(49)36-41/h3-37H,1-2H3. The van der Waals surface area contributed by atoms with Crippen LogP contribution in [0.5, 0.6) is 0 Å². The van der Waals surface area contributed by atoms with Crippen molar-refractivity contribution in [3.63, 3.8) is 0 Å². The molecule has 274 valence electrons. The van der Waals surface area contributed by atoms with Gasteiger partial charge in [0, 0.05) is 22.4 Å². The number of hydrogen-bond donors (Lipinski definition) is 0. The first-order chi connectivity index (χ1) is 28.5. The predicted molar refractivity (Wildman–Crippen MR) is 245 cm³/mol. The van der Waals surface area contributed by atoms with Gasteiger partial charge in [-0.25, -0.2) is 0 Å². The van der Waals surface area contributed by atoms with Crippen LogP contribution >= 0.6 is 0 Å². The van der Waals surface area contributed by atoms with Gasteiger partial charge in [0.25, 0.3) is 0 Å². The molecule has 2 aliphatic rings. The molecule has 0 saturated heterocycles. The van der Waals surface area contributed by atoms with E-state index in [-0.39, 0.29) is 5.41 Å². The lowest BCUT2D eigenvalue weighted by Gasteiger charge is -2.31. The molecule has 0 bridgehead atoms. The summed E-state index contributed by atoms with van der Waals surface area (Å²) in [5, 5.41) is 0. The fourth-order valence-electron chi connectivity index (χ4n) is 9.64. The zero-order chi connectivity index (χ0) is 38.8. The van der Waals surface area contributed by atoms with E-state index < -0.39 is 0 Å². The first-order valence-corrected chi connectivity index (χ1v) is 20.3. The Morgan fingerprint density at radius 1 is 0.276 bits per heavy atom. The van der Waals surface area contributed by atoms with E-state index in [4.69, 9.17) is 0 Å². The van der Waals surface area contributed by atoms with E-state index in [1.165, 1.54) is 89.0 Å². The summed E-state index contributed by atoms with van der Waals surface area (Å²) >= 11 is 0. The zero-order valence-corrected chi connectivity index (χ0v) is 32.7. The molecule has 0 aliphatic heterocycles. The van der Waals surface area contributed by atoms with E-state index in [9.17, 15) is 0 Å². The predicted octanol–water partition coefficient (Wildman–Crippen LogP) is 15.8. The van der Waals surface area contributed by atoms with Crippen molar-refractivity contribution in [2.75, 3.05) is 4.90 Å². The van der Waals surface area contributed by atoms with Gasteiger partial charge in [-0.3, -0.25) is 0 Å². The van der Waals surface area contributed by atoms with Gasteiger partial charge in [0.15, 0.2) is 0 Å². The molecule has 9 aromatic carbocycles. The summed E-state index contributed by atoms with van der Waals surface area (Å²) < 4.78 is 0. The third-order valence-electron chi connectivity index (χ3n) is 12.5. The molecule has 1 nitrogen and oxygen atoms in total. The van der Waals surface area contributed by atoms with E-state index in [1.807, 2.05) is 0 Å². The molecule has 1 heteroatoms. The lowest BCUT2D eigenvalue weighted by molar-refractivity contribution is 0.660. The van der Waals surface area contributed by atoms with Crippen LogP contribution in [0, 0.1) is 0 Å². The molecular weight excluding hydrogens is 699 g/mol. The first kappa shape index (κ1) is 34.1. The molecule has 0 radical (unpaired) electrons. The smallest absolute Gasteiger partial charge is 0.0540 e.